The molecule has 2 amide bonds. The number of nitrogens with one attached hydrogen (secondary N) is 2. The molecule has 4 rings (SSSR count). The quantitative estimate of drug-likeness (QED) is 0.407. The van der Waals surface area contributed by atoms with Gasteiger partial charge in [-0.3, -0.25) is 20.4 Å². The molecule has 1 atom stereocenters. The summed E-state index contributed by atoms with van der Waals surface area (Å²) >= 11 is 1.34. The van der Waals surface area contributed by atoms with E-state index in [1.54, 1.807) is 0 Å². The third kappa shape index (κ3) is 5.99. The van der Waals surface area contributed by atoms with E-state index in [9.17, 15) is 9.59 Å². The van der Waals surface area contributed by atoms with Gasteiger partial charge in [-0.1, -0.05) is 72.4 Å². The molecule has 1 saturated heterocycles. The van der Waals surface area contributed by atoms with Gasteiger partial charge < -0.3 is 9.30 Å². The van der Waals surface area contributed by atoms with Crippen LogP contribution in [0.1, 0.15) is 18.4 Å². The number of thioether (sulfide) groups is 1. The molecule has 32 heavy (non-hydrogen) atoms. The van der Waals surface area contributed by atoms with Crippen LogP contribution in [0, 0.1) is 0 Å². The van der Waals surface area contributed by atoms with Crippen LogP contribution in [0.2, 0.25) is 0 Å². The topological polar surface area (TPSA) is 85.2 Å². The fraction of sp³-hybridized carbons (Fsp3) is 0.292. The van der Waals surface area contributed by atoms with Gasteiger partial charge in [-0.05, 0) is 24.0 Å². The van der Waals surface area contributed by atoms with Gasteiger partial charge in [-0.15, -0.1) is 0 Å². The summed E-state index contributed by atoms with van der Waals surface area (Å²) in [5, 5.41) is 0.755. The van der Waals surface area contributed by atoms with Crippen molar-refractivity contribution in [2.75, 3.05) is 12.4 Å². The highest BCUT2D eigenvalue weighted by Crippen LogP contribution is 2.28. The van der Waals surface area contributed by atoms with Crippen LogP contribution < -0.4 is 10.9 Å². The van der Waals surface area contributed by atoms with Gasteiger partial charge >= 0.3 is 0 Å². The maximum absolute atomic E-state index is 12.3. The lowest BCUT2D eigenvalue weighted by molar-refractivity contribution is -0.127. The van der Waals surface area contributed by atoms with E-state index >= 15 is 0 Å². The maximum atomic E-state index is 12.3. The molecule has 1 fully saturated rings. The Bertz CT molecular complexity index is 1030. The highest BCUT2D eigenvalue weighted by molar-refractivity contribution is 7.99. The summed E-state index contributed by atoms with van der Waals surface area (Å²) in [6.45, 7) is 1.48. The Balaban J connectivity index is 1.35. The Labute approximate surface area is 191 Å². The lowest BCUT2D eigenvalue weighted by atomic mass is 10.1. The SMILES string of the molecule is O=C(CSc1ncc(-c2ccccc2)n1C[C@@H]1CCCO1)NNC(=O)Cc1ccccc1. The van der Waals surface area contributed by atoms with Gasteiger partial charge in [0.2, 0.25) is 11.8 Å². The van der Waals surface area contributed by atoms with Crippen LogP contribution in [-0.4, -0.2) is 39.8 Å². The molecule has 3 aromatic rings. The first-order valence-corrected chi connectivity index (χ1v) is 11.6. The second-order valence-electron chi connectivity index (χ2n) is 7.59. The summed E-state index contributed by atoms with van der Waals surface area (Å²) in [5.74, 6) is -0.410. The number of amides is 2. The number of hydrogen-bond donors (Lipinski definition) is 2. The molecule has 2 heterocycles. The van der Waals surface area contributed by atoms with Crippen LogP contribution in [0.3, 0.4) is 0 Å². The number of ether oxygens (including phenoxy) is 1. The number of hydrazine groups is 1. The number of carbonyl (C=O) groups is 2. The van der Waals surface area contributed by atoms with E-state index in [0.717, 1.165) is 41.4 Å². The van der Waals surface area contributed by atoms with Crippen molar-refractivity contribution >= 4 is 23.6 Å². The Morgan fingerprint density at radius 1 is 1.03 bits per heavy atom. The van der Waals surface area contributed by atoms with Gasteiger partial charge in [0.15, 0.2) is 5.16 Å². The van der Waals surface area contributed by atoms with Crippen molar-refractivity contribution in [3.05, 3.63) is 72.4 Å². The third-order valence-electron chi connectivity index (χ3n) is 5.18. The summed E-state index contributed by atoms with van der Waals surface area (Å²) in [5.41, 5.74) is 7.91. The second kappa shape index (κ2) is 11.0. The van der Waals surface area contributed by atoms with Crippen molar-refractivity contribution in [3.8, 4) is 11.3 Å². The predicted molar refractivity (Wildman–Crippen MR) is 124 cm³/mol. The van der Waals surface area contributed by atoms with Crippen LogP contribution in [-0.2, 0) is 27.3 Å². The maximum Gasteiger partial charge on any atom is 0.248 e. The van der Waals surface area contributed by atoms with E-state index in [1.165, 1.54) is 11.8 Å². The lowest BCUT2D eigenvalue weighted by Gasteiger charge is -2.16. The number of carbonyl (C=O) groups excluding carboxylic acids is 2. The summed E-state index contributed by atoms with van der Waals surface area (Å²) < 4.78 is 7.95. The van der Waals surface area contributed by atoms with Gasteiger partial charge in [-0.2, -0.15) is 0 Å². The number of hydrogen-bond acceptors (Lipinski definition) is 5. The first-order valence-electron chi connectivity index (χ1n) is 10.7. The molecule has 1 aliphatic rings. The number of benzene rings is 2. The normalized spacial score (nSPS) is 15.4. The minimum Gasteiger partial charge on any atom is -0.376 e. The van der Waals surface area contributed by atoms with E-state index in [2.05, 4.69) is 20.4 Å². The standard InChI is InChI=1S/C24H26N4O3S/c29-22(14-18-8-3-1-4-9-18)26-27-23(30)17-32-24-25-15-21(19-10-5-2-6-11-19)28(24)16-20-12-7-13-31-20/h1-6,8-11,15,20H,7,12-14,16-17H2,(H,26,29)(H,27,30)/t20-/m0/s1. The number of imidazole rings is 1. The van der Waals surface area contributed by atoms with E-state index in [1.807, 2.05) is 66.9 Å². The second-order valence-corrected chi connectivity index (χ2v) is 8.53. The van der Waals surface area contributed by atoms with E-state index < -0.39 is 0 Å². The molecule has 0 aliphatic carbocycles. The molecule has 1 aromatic heterocycles. The molecule has 0 saturated carbocycles. The Morgan fingerprint density at radius 2 is 1.75 bits per heavy atom. The van der Waals surface area contributed by atoms with Crippen LogP contribution >= 0.6 is 11.8 Å². The fourth-order valence-corrected chi connectivity index (χ4v) is 4.40. The first kappa shape index (κ1) is 22.1. The Hall–Kier alpha value is -3.10. The van der Waals surface area contributed by atoms with Gasteiger partial charge in [0, 0.05) is 6.61 Å². The molecule has 8 heteroatoms. The molecule has 0 bridgehead atoms. The lowest BCUT2D eigenvalue weighted by Crippen LogP contribution is -2.43. The van der Waals surface area contributed by atoms with Crippen LogP contribution in [0.5, 0.6) is 0 Å². The van der Waals surface area contributed by atoms with Gasteiger partial charge in [0.05, 0.1) is 36.7 Å². The molecule has 0 unspecified atom stereocenters. The molecule has 2 N–H and O–H groups in total. The van der Waals surface area contributed by atoms with Crippen LogP contribution in [0.4, 0.5) is 0 Å². The van der Waals surface area contributed by atoms with Gasteiger partial charge in [0.25, 0.3) is 0 Å². The molecule has 0 spiro atoms. The average Bonchev–Trinajstić information content (AvgIpc) is 3.48. The van der Waals surface area contributed by atoms with Gasteiger partial charge in [0.1, 0.15) is 0 Å². The summed E-state index contributed by atoms with van der Waals surface area (Å²) in [7, 11) is 0. The van der Waals surface area contributed by atoms with E-state index in [-0.39, 0.29) is 30.1 Å². The zero-order valence-corrected chi connectivity index (χ0v) is 18.5. The van der Waals surface area contributed by atoms with Crippen molar-refractivity contribution in [1.29, 1.82) is 0 Å². The average molecular weight is 451 g/mol. The molecule has 0 radical (unpaired) electrons. The van der Waals surface area contributed by atoms with Crippen LogP contribution in [0.15, 0.2) is 72.0 Å². The summed E-state index contributed by atoms with van der Waals surface area (Å²) in [6.07, 6.45) is 4.28. The largest absolute Gasteiger partial charge is 0.376 e. The van der Waals surface area contributed by atoms with Crippen molar-refractivity contribution in [2.45, 2.75) is 37.1 Å². The molecular formula is C24H26N4O3S. The number of rotatable bonds is 8. The van der Waals surface area contributed by atoms with Gasteiger partial charge in [-0.25, -0.2) is 4.98 Å². The monoisotopic (exact) mass is 450 g/mol. The minimum absolute atomic E-state index is 0.141. The first-order chi connectivity index (χ1) is 15.7. The fourth-order valence-electron chi connectivity index (χ4n) is 3.61. The van der Waals surface area contributed by atoms with E-state index in [0.29, 0.717) is 6.54 Å². The predicted octanol–water partition coefficient (Wildman–Crippen LogP) is 3.21. The molecule has 166 valence electrons. The smallest absolute Gasteiger partial charge is 0.248 e. The van der Waals surface area contributed by atoms with Crippen LogP contribution in [0.25, 0.3) is 11.3 Å². The highest BCUT2D eigenvalue weighted by atomic mass is 32.2. The van der Waals surface area contributed by atoms with Crippen molar-refractivity contribution in [1.82, 2.24) is 20.4 Å². The zero-order chi connectivity index (χ0) is 22.2. The Morgan fingerprint density at radius 3 is 2.47 bits per heavy atom. The number of nitrogens with zero attached hydrogens (tertiary/aromatic N) is 2. The molecular weight excluding hydrogens is 424 g/mol. The van der Waals surface area contributed by atoms with E-state index in [4.69, 9.17) is 4.74 Å². The van der Waals surface area contributed by atoms with Crippen molar-refractivity contribution in [2.24, 2.45) is 0 Å². The molecule has 1 aliphatic heterocycles. The summed E-state index contributed by atoms with van der Waals surface area (Å²) in [6, 6.07) is 19.5. The molecule has 7 nitrogen and oxygen atoms in total. The molecule has 2 aromatic carbocycles. The van der Waals surface area contributed by atoms with Crippen molar-refractivity contribution < 1.29 is 14.3 Å². The number of aromatic nitrogens is 2. The highest BCUT2D eigenvalue weighted by Gasteiger charge is 2.21. The summed E-state index contributed by atoms with van der Waals surface area (Å²) in [4.78, 5) is 28.9. The minimum atomic E-state index is -0.288. The zero-order valence-electron chi connectivity index (χ0n) is 17.7. The van der Waals surface area contributed by atoms with Crippen molar-refractivity contribution in [3.63, 3.8) is 0 Å². The Kier molecular flexibility index (Phi) is 7.58. The third-order valence-corrected chi connectivity index (χ3v) is 6.17.